The molecule has 108 valence electrons. The van der Waals surface area contributed by atoms with E-state index >= 15 is 0 Å². The molecule has 20 heavy (non-hydrogen) atoms. The highest BCUT2D eigenvalue weighted by atomic mass is 16.5. The molecule has 6 nitrogen and oxygen atoms in total. The van der Waals surface area contributed by atoms with Gasteiger partial charge in [0.2, 0.25) is 5.91 Å². The number of carbonyl (C=O) groups is 2. The van der Waals surface area contributed by atoms with Gasteiger partial charge < -0.3 is 14.9 Å². The van der Waals surface area contributed by atoms with Crippen LogP contribution in [0.1, 0.15) is 29.8 Å². The average Bonchev–Trinajstić information content (AvgIpc) is 2.38. The first-order chi connectivity index (χ1) is 9.36. The Hall–Kier alpha value is -2.08. The topological polar surface area (TPSA) is 87.1 Å². The molecule has 1 aromatic rings. The lowest BCUT2D eigenvalue weighted by atomic mass is 9.90. The van der Waals surface area contributed by atoms with Crippen LogP contribution < -0.4 is 9.64 Å². The second kappa shape index (κ2) is 5.13. The zero-order valence-electron chi connectivity index (χ0n) is 11.6. The fourth-order valence-electron chi connectivity index (χ4n) is 2.54. The third-order valence-electron chi connectivity index (χ3n) is 3.55. The number of methoxy groups -OCH3 is 1. The fraction of sp³-hybridized carbons (Fsp3) is 0.429. The number of hydrogen-bond acceptors (Lipinski definition) is 4. The van der Waals surface area contributed by atoms with Crippen molar-refractivity contribution in [3.05, 3.63) is 23.3 Å². The molecule has 1 aliphatic heterocycles. The number of hydrogen-bond donors (Lipinski definition) is 2. The number of carboxylic acid groups (broad SMARTS) is 1. The monoisotopic (exact) mass is 279 g/mol. The van der Waals surface area contributed by atoms with E-state index in [-0.39, 0.29) is 23.1 Å². The second-order valence-electron chi connectivity index (χ2n) is 4.97. The molecular weight excluding hydrogens is 262 g/mol. The molecule has 2 unspecified atom stereocenters. The number of nitrogens with zero attached hydrogens (tertiary/aromatic N) is 1. The van der Waals surface area contributed by atoms with Crippen molar-refractivity contribution in [3.63, 3.8) is 0 Å². The molecule has 2 N–H and O–H groups in total. The lowest BCUT2D eigenvalue weighted by Crippen LogP contribution is -2.47. The molecule has 2 atom stereocenters. The minimum absolute atomic E-state index is 0.0540. The maximum absolute atomic E-state index is 11.7. The number of carbonyl (C=O) groups excluding carboxylic acids is 1. The Morgan fingerprint density at radius 1 is 1.40 bits per heavy atom. The lowest BCUT2D eigenvalue weighted by Gasteiger charge is -2.37. The number of aromatic carboxylic acids is 1. The van der Waals surface area contributed by atoms with E-state index in [4.69, 9.17) is 4.74 Å². The number of ether oxygens (including phenoxy) is 1. The number of aliphatic hydroxyl groups excluding tert-OH is 1. The van der Waals surface area contributed by atoms with Gasteiger partial charge in [-0.25, -0.2) is 4.79 Å². The Morgan fingerprint density at radius 3 is 2.55 bits per heavy atom. The van der Waals surface area contributed by atoms with Crippen LogP contribution in [0.25, 0.3) is 0 Å². The summed E-state index contributed by atoms with van der Waals surface area (Å²) in [4.78, 5) is 24.2. The van der Waals surface area contributed by atoms with Gasteiger partial charge in [0.05, 0.1) is 12.8 Å². The van der Waals surface area contributed by atoms with Gasteiger partial charge in [-0.2, -0.15) is 0 Å². The summed E-state index contributed by atoms with van der Waals surface area (Å²) in [6, 6.07) is 3.00. The van der Waals surface area contributed by atoms with Gasteiger partial charge in [0, 0.05) is 18.9 Å². The Morgan fingerprint density at radius 2 is 2.05 bits per heavy atom. The summed E-state index contributed by atoms with van der Waals surface area (Å²) in [6.45, 7) is 3.18. The minimum Gasteiger partial charge on any atom is -0.496 e. The summed E-state index contributed by atoms with van der Waals surface area (Å²) in [7, 11) is 1.37. The van der Waals surface area contributed by atoms with Crippen LogP contribution in [-0.2, 0) is 11.2 Å². The third-order valence-corrected chi connectivity index (χ3v) is 3.55. The number of anilines is 1. The van der Waals surface area contributed by atoms with Gasteiger partial charge in [0.1, 0.15) is 17.5 Å². The predicted molar refractivity (Wildman–Crippen MR) is 72.0 cm³/mol. The zero-order chi connectivity index (χ0) is 15.0. The molecule has 1 aromatic carbocycles. The first-order valence-electron chi connectivity index (χ1n) is 6.29. The zero-order valence-corrected chi connectivity index (χ0v) is 11.6. The first kappa shape index (κ1) is 14.3. The number of fused-ring (bicyclic) bond motifs is 1. The van der Waals surface area contributed by atoms with Crippen molar-refractivity contribution in [2.24, 2.45) is 5.92 Å². The quantitative estimate of drug-likeness (QED) is 0.851. The third kappa shape index (κ3) is 2.22. The maximum atomic E-state index is 11.7. The molecule has 0 saturated heterocycles. The highest BCUT2D eigenvalue weighted by Gasteiger charge is 2.34. The SMILES string of the molecule is COc1cc2c(cc1C(=O)O)CC(C)C(O)N2C(C)=O. The van der Waals surface area contributed by atoms with Crippen molar-refractivity contribution >= 4 is 17.6 Å². The van der Waals surface area contributed by atoms with E-state index in [1.807, 2.05) is 6.92 Å². The van der Waals surface area contributed by atoms with E-state index < -0.39 is 12.2 Å². The molecule has 6 heteroatoms. The van der Waals surface area contributed by atoms with Crippen LogP contribution in [0.5, 0.6) is 5.75 Å². The summed E-state index contributed by atoms with van der Waals surface area (Å²) in [6.07, 6.45) is -0.412. The van der Waals surface area contributed by atoms with Gasteiger partial charge in [-0.3, -0.25) is 9.69 Å². The molecule has 0 bridgehead atoms. The molecule has 0 saturated carbocycles. The molecule has 1 heterocycles. The Bertz CT molecular complexity index is 569. The molecule has 2 rings (SSSR count). The van der Waals surface area contributed by atoms with Crippen LogP contribution in [0.3, 0.4) is 0 Å². The maximum Gasteiger partial charge on any atom is 0.339 e. The summed E-state index contributed by atoms with van der Waals surface area (Å²) in [5.74, 6) is -1.38. The molecule has 0 fully saturated rings. The average molecular weight is 279 g/mol. The number of benzene rings is 1. The molecule has 0 radical (unpaired) electrons. The van der Waals surface area contributed by atoms with Gasteiger partial charge in [0.15, 0.2) is 0 Å². The van der Waals surface area contributed by atoms with Crippen LogP contribution in [0.2, 0.25) is 0 Å². The summed E-state index contributed by atoms with van der Waals surface area (Å²) < 4.78 is 5.06. The van der Waals surface area contributed by atoms with Crippen molar-refractivity contribution in [2.45, 2.75) is 26.5 Å². The lowest BCUT2D eigenvalue weighted by molar-refractivity contribution is -0.119. The van der Waals surface area contributed by atoms with Crippen LogP contribution in [0.4, 0.5) is 5.69 Å². The van der Waals surface area contributed by atoms with Gasteiger partial charge in [-0.1, -0.05) is 6.92 Å². The van der Waals surface area contributed by atoms with Crippen molar-refractivity contribution in [1.29, 1.82) is 0 Å². The standard InChI is InChI=1S/C14H17NO5/c1-7-4-9-5-10(14(18)19)12(20-3)6-11(9)15(8(2)16)13(7)17/h5-7,13,17H,4H2,1-3H3,(H,18,19). The minimum atomic E-state index is -1.09. The summed E-state index contributed by atoms with van der Waals surface area (Å²) in [5.41, 5.74) is 1.28. The number of carboxylic acids is 1. The van der Waals surface area contributed by atoms with Crippen LogP contribution in [-0.4, -0.2) is 35.4 Å². The van der Waals surface area contributed by atoms with E-state index in [1.165, 1.54) is 31.1 Å². The largest absolute Gasteiger partial charge is 0.496 e. The van der Waals surface area contributed by atoms with Gasteiger partial charge in [0.25, 0.3) is 0 Å². The van der Waals surface area contributed by atoms with E-state index in [0.29, 0.717) is 12.1 Å². The molecular formula is C14H17NO5. The van der Waals surface area contributed by atoms with Crippen molar-refractivity contribution in [2.75, 3.05) is 12.0 Å². The van der Waals surface area contributed by atoms with E-state index in [0.717, 1.165) is 5.56 Å². The van der Waals surface area contributed by atoms with Crippen molar-refractivity contribution in [1.82, 2.24) is 0 Å². The Kier molecular flexibility index (Phi) is 3.67. The second-order valence-corrected chi connectivity index (χ2v) is 4.97. The molecule has 0 aliphatic carbocycles. The predicted octanol–water partition coefficient (Wildman–Crippen LogP) is 1.26. The molecule has 1 aliphatic rings. The van der Waals surface area contributed by atoms with Gasteiger partial charge >= 0.3 is 5.97 Å². The molecule has 0 aromatic heterocycles. The normalized spacial score (nSPS) is 21.3. The van der Waals surface area contributed by atoms with Crippen molar-refractivity contribution < 1.29 is 24.5 Å². The Balaban J connectivity index is 2.63. The summed E-state index contributed by atoms with van der Waals surface area (Å²) in [5, 5.41) is 19.3. The van der Waals surface area contributed by atoms with Gasteiger partial charge in [-0.15, -0.1) is 0 Å². The summed E-state index contributed by atoms with van der Waals surface area (Å²) >= 11 is 0. The van der Waals surface area contributed by atoms with E-state index in [2.05, 4.69) is 0 Å². The van der Waals surface area contributed by atoms with Crippen LogP contribution in [0, 0.1) is 5.92 Å². The van der Waals surface area contributed by atoms with Gasteiger partial charge in [-0.05, 0) is 18.1 Å². The highest BCUT2D eigenvalue weighted by molar-refractivity contribution is 5.97. The first-order valence-corrected chi connectivity index (χ1v) is 6.29. The van der Waals surface area contributed by atoms with Crippen LogP contribution in [0.15, 0.2) is 12.1 Å². The molecule has 0 spiro atoms. The number of aliphatic hydroxyl groups is 1. The Labute approximate surface area is 116 Å². The van der Waals surface area contributed by atoms with Crippen molar-refractivity contribution in [3.8, 4) is 5.75 Å². The fourth-order valence-corrected chi connectivity index (χ4v) is 2.54. The smallest absolute Gasteiger partial charge is 0.339 e. The van der Waals surface area contributed by atoms with E-state index in [1.54, 1.807) is 0 Å². The number of rotatable bonds is 2. The van der Waals surface area contributed by atoms with Crippen LogP contribution >= 0.6 is 0 Å². The number of amides is 1. The van der Waals surface area contributed by atoms with E-state index in [9.17, 15) is 19.8 Å². The highest BCUT2D eigenvalue weighted by Crippen LogP contribution is 2.37. The molecule has 1 amide bonds.